The lowest BCUT2D eigenvalue weighted by molar-refractivity contribution is 0.0950. The van der Waals surface area contributed by atoms with Crippen LogP contribution in [0.3, 0.4) is 0 Å². The third-order valence-corrected chi connectivity index (χ3v) is 4.63. The largest absolute Gasteiger partial charge is 0.483 e. The molecule has 4 nitrogen and oxygen atoms in total. The summed E-state index contributed by atoms with van der Waals surface area (Å²) in [6.07, 6.45) is 0. The van der Waals surface area contributed by atoms with Gasteiger partial charge in [-0.2, -0.15) is 0 Å². The van der Waals surface area contributed by atoms with Crippen LogP contribution in [0.15, 0.2) is 30.3 Å². The second-order valence-electron chi connectivity index (χ2n) is 4.88. The molecular formula is C16H10Cl2F2N2O2S. The number of hydrogen-bond acceptors (Lipinski definition) is 4. The zero-order valence-corrected chi connectivity index (χ0v) is 14.8. The van der Waals surface area contributed by atoms with Crippen molar-refractivity contribution in [3.8, 4) is 5.75 Å². The van der Waals surface area contributed by atoms with Gasteiger partial charge in [0.05, 0.1) is 16.2 Å². The predicted octanol–water partition coefficient (Wildman–Crippen LogP) is 4.73. The topological polar surface area (TPSA) is 51.2 Å². The molecule has 0 bridgehead atoms. The zero-order chi connectivity index (χ0) is 18.0. The van der Waals surface area contributed by atoms with Crippen molar-refractivity contribution in [3.63, 3.8) is 0 Å². The molecule has 0 fully saturated rings. The zero-order valence-electron chi connectivity index (χ0n) is 12.5. The van der Waals surface area contributed by atoms with Crippen molar-refractivity contribution >= 4 is 50.7 Å². The Labute approximate surface area is 155 Å². The number of nitrogens with one attached hydrogen (secondary N) is 1. The van der Waals surface area contributed by atoms with Crippen LogP contribution >= 0.6 is 34.5 Å². The van der Waals surface area contributed by atoms with Crippen LogP contribution in [0.4, 0.5) is 8.78 Å². The highest BCUT2D eigenvalue weighted by atomic mass is 35.5. The highest BCUT2D eigenvalue weighted by Gasteiger charge is 2.21. The van der Waals surface area contributed by atoms with E-state index in [1.807, 2.05) is 6.07 Å². The summed E-state index contributed by atoms with van der Waals surface area (Å²) in [5.41, 5.74) is -0.0351. The summed E-state index contributed by atoms with van der Waals surface area (Å²) in [7, 11) is 0. The summed E-state index contributed by atoms with van der Waals surface area (Å²) in [6.45, 7) is -0.0317. The second kappa shape index (κ2) is 7.51. The summed E-state index contributed by atoms with van der Waals surface area (Å²) in [6, 6.07) is 7.09. The first-order chi connectivity index (χ1) is 12.0. The van der Waals surface area contributed by atoms with Crippen molar-refractivity contribution in [2.24, 2.45) is 0 Å². The van der Waals surface area contributed by atoms with E-state index < -0.39 is 23.1 Å². The van der Waals surface area contributed by atoms with Crippen LogP contribution in [0, 0.1) is 11.6 Å². The highest BCUT2D eigenvalue weighted by Crippen LogP contribution is 2.28. The molecule has 0 aliphatic heterocycles. The molecule has 25 heavy (non-hydrogen) atoms. The van der Waals surface area contributed by atoms with E-state index in [4.69, 9.17) is 27.9 Å². The third-order valence-electron chi connectivity index (χ3n) is 3.26. The number of fused-ring (bicyclic) bond motifs is 1. The fraction of sp³-hybridized carbons (Fsp3) is 0.125. The molecule has 0 saturated heterocycles. The number of nitrogens with zero attached hydrogens (tertiary/aromatic N) is 1. The number of halogens is 4. The Morgan fingerprint density at radius 1 is 1.28 bits per heavy atom. The SMILES string of the molecule is O=C(NCCl)c1c(F)ccc(OCc2nc3cc(Cl)ccc3s2)c1F. The lowest BCUT2D eigenvalue weighted by Gasteiger charge is -2.10. The number of ether oxygens (including phenoxy) is 1. The van der Waals surface area contributed by atoms with Gasteiger partial charge in [0.15, 0.2) is 11.6 Å². The summed E-state index contributed by atoms with van der Waals surface area (Å²) >= 11 is 12.6. The number of hydrogen-bond donors (Lipinski definition) is 1. The Morgan fingerprint density at radius 3 is 2.84 bits per heavy atom. The van der Waals surface area contributed by atoms with E-state index in [0.29, 0.717) is 15.5 Å². The Morgan fingerprint density at radius 2 is 2.08 bits per heavy atom. The number of carbonyl (C=O) groups is 1. The molecule has 3 rings (SSSR count). The molecule has 0 atom stereocenters. The van der Waals surface area contributed by atoms with Crippen molar-refractivity contribution in [1.29, 1.82) is 0 Å². The molecule has 0 unspecified atom stereocenters. The average Bonchev–Trinajstić information content (AvgIpc) is 2.96. The smallest absolute Gasteiger partial charge is 0.258 e. The number of amides is 1. The third kappa shape index (κ3) is 3.84. The summed E-state index contributed by atoms with van der Waals surface area (Å²) < 4.78 is 34.4. The first-order valence-electron chi connectivity index (χ1n) is 6.99. The molecule has 0 spiro atoms. The van der Waals surface area contributed by atoms with Crippen LogP contribution < -0.4 is 10.1 Å². The van der Waals surface area contributed by atoms with Gasteiger partial charge in [0, 0.05) is 5.02 Å². The average molecular weight is 403 g/mol. The second-order valence-corrected chi connectivity index (χ2v) is 6.70. The molecule has 3 aromatic rings. The fourth-order valence-corrected chi connectivity index (χ4v) is 3.30. The monoisotopic (exact) mass is 402 g/mol. The van der Waals surface area contributed by atoms with Gasteiger partial charge in [-0.15, -0.1) is 22.9 Å². The molecule has 1 heterocycles. The summed E-state index contributed by atoms with van der Waals surface area (Å²) in [5, 5.41) is 3.29. The minimum atomic E-state index is -1.09. The van der Waals surface area contributed by atoms with Crippen molar-refractivity contribution in [3.05, 3.63) is 57.6 Å². The molecule has 130 valence electrons. The lowest BCUT2D eigenvalue weighted by Crippen LogP contribution is -2.24. The lowest BCUT2D eigenvalue weighted by atomic mass is 10.1. The number of alkyl halides is 1. The maximum Gasteiger partial charge on any atom is 0.258 e. The first-order valence-corrected chi connectivity index (χ1v) is 8.72. The quantitative estimate of drug-likeness (QED) is 0.495. The molecule has 2 aromatic carbocycles. The Hall–Kier alpha value is -1.96. The van der Waals surface area contributed by atoms with Gasteiger partial charge < -0.3 is 10.1 Å². The Kier molecular flexibility index (Phi) is 5.36. The predicted molar refractivity (Wildman–Crippen MR) is 93.5 cm³/mol. The van der Waals surface area contributed by atoms with Crippen molar-refractivity contribution in [2.45, 2.75) is 6.61 Å². The molecule has 1 aromatic heterocycles. The maximum atomic E-state index is 14.4. The molecule has 0 saturated carbocycles. The van der Waals surface area contributed by atoms with Crippen LogP contribution in [-0.4, -0.2) is 16.9 Å². The molecule has 1 N–H and O–H groups in total. The van der Waals surface area contributed by atoms with Crippen molar-refractivity contribution < 1.29 is 18.3 Å². The Balaban J connectivity index is 1.82. The van der Waals surface area contributed by atoms with Gasteiger partial charge in [-0.1, -0.05) is 11.6 Å². The van der Waals surface area contributed by atoms with E-state index in [9.17, 15) is 13.6 Å². The first kappa shape index (κ1) is 17.8. The van der Waals surface area contributed by atoms with Crippen LogP contribution in [0.25, 0.3) is 10.2 Å². The minimum absolute atomic E-state index is 0.0317. The normalized spacial score (nSPS) is 10.9. The van der Waals surface area contributed by atoms with Crippen LogP contribution in [-0.2, 0) is 6.61 Å². The maximum absolute atomic E-state index is 14.4. The highest BCUT2D eigenvalue weighted by molar-refractivity contribution is 7.18. The van der Waals surface area contributed by atoms with Crippen LogP contribution in [0.5, 0.6) is 5.75 Å². The number of rotatable bonds is 5. The minimum Gasteiger partial charge on any atom is -0.483 e. The van der Waals surface area contributed by atoms with E-state index in [-0.39, 0.29) is 18.4 Å². The van der Waals surface area contributed by atoms with Crippen molar-refractivity contribution in [1.82, 2.24) is 10.3 Å². The van der Waals surface area contributed by atoms with Gasteiger partial charge in [-0.25, -0.2) is 13.8 Å². The number of carbonyl (C=O) groups excluding carboxylic acids is 1. The van der Waals surface area contributed by atoms with Gasteiger partial charge in [0.2, 0.25) is 0 Å². The number of aromatic nitrogens is 1. The van der Waals surface area contributed by atoms with Gasteiger partial charge in [-0.3, -0.25) is 4.79 Å². The number of benzene rings is 2. The molecule has 0 radical (unpaired) electrons. The summed E-state index contributed by atoms with van der Waals surface area (Å²) in [4.78, 5) is 16.0. The van der Waals surface area contributed by atoms with Crippen molar-refractivity contribution in [2.75, 3.05) is 6.00 Å². The Bertz CT molecular complexity index is 949. The van der Waals surface area contributed by atoms with Gasteiger partial charge in [-0.05, 0) is 30.3 Å². The van der Waals surface area contributed by atoms with Gasteiger partial charge >= 0.3 is 0 Å². The van der Waals surface area contributed by atoms with Crippen LogP contribution in [0.2, 0.25) is 5.02 Å². The van der Waals surface area contributed by atoms with E-state index in [0.717, 1.165) is 16.8 Å². The molecule has 0 aliphatic rings. The van der Waals surface area contributed by atoms with Gasteiger partial charge in [0.25, 0.3) is 5.91 Å². The van der Waals surface area contributed by atoms with E-state index in [2.05, 4.69) is 10.3 Å². The standard InChI is InChI=1S/C16H10Cl2F2N2O2S/c17-7-21-16(23)14-9(19)2-3-11(15(14)20)24-6-13-22-10-5-8(18)1-4-12(10)25-13/h1-5H,6-7H2,(H,21,23). The molecule has 0 aliphatic carbocycles. The van der Waals surface area contributed by atoms with E-state index in [1.54, 1.807) is 12.1 Å². The van der Waals surface area contributed by atoms with E-state index in [1.165, 1.54) is 11.3 Å². The molecule has 1 amide bonds. The summed E-state index contributed by atoms with van der Waals surface area (Å²) in [5.74, 6) is -3.29. The van der Waals surface area contributed by atoms with Crippen LogP contribution in [0.1, 0.15) is 15.4 Å². The van der Waals surface area contributed by atoms with E-state index >= 15 is 0 Å². The molecule has 9 heteroatoms. The molecular weight excluding hydrogens is 393 g/mol. The number of thiazole rings is 1. The fourth-order valence-electron chi connectivity index (χ4n) is 2.15. The van der Waals surface area contributed by atoms with Gasteiger partial charge in [0.1, 0.15) is 23.0 Å².